The van der Waals surface area contributed by atoms with E-state index in [4.69, 9.17) is 4.74 Å². The average Bonchev–Trinajstić information content (AvgIpc) is 2.35. The Morgan fingerprint density at radius 2 is 2.18 bits per heavy atom. The SMILES string of the molecule is COc1ccc2c(c1)[C@@H](CCN(C)C)CCC2. The van der Waals surface area contributed by atoms with Gasteiger partial charge in [0.05, 0.1) is 7.11 Å². The second-order valence-corrected chi connectivity index (χ2v) is 5.25. The predicted molar refractivity (Wildman–Crippen MR) is 71.8 cm³/mol. The van der Waals surface area contributed by atoms with Gasteiger partial charge in [0.2, 0.25) is 0 Å². The van der Waals surface area contributed by atoms with Crippen LogP contribution in [0, 0.1) is 0 Å². The van der Waals surface area contributed by atoms with Gasteiger partial charge in [0.25, 0.3) is 0 Å². The lowest BCUT2D eigenvalue weighted by Gasteiger charge is -2.27. The summed E-state index contributed by atoms with van der Waals surface area (Å²) in [5.74, 6) is 1.72. The third kappa shape index (κ3) is 3.01. The van der Waals surface area contributed by atoms with Crippen LogP contribution in [0.25, 0.3) is 0 Å². The number of aryl methyl sites for hydroxylation is 1. The van der Waals surface area contributed by atoms with Gasteiger partial charge in [0, 0.05) is 0 Å². The summed E-state index contributed by atoms with van der Waals surface area (Å²) < 4.78 is 5.34. The second-order valence-electron chi connectivity index (χ2n) is 5.25. The molecule has 2 nitrogen and oxygen atoms in total. The Morgan fingerprint density at radius 1 is 1.35 bits per heavy atom. The Hall–Kier alpha value is -1.02. The van der Waals surface area contributed by atoms with Gasteiger partial charge in [0.15, 0.2) is 0 Å². The first-order chi connectivity index (χ1) is 8.20. The topological polar surface area (TPSA) is 12.5 Å². The minimum absolute atomic E-state index is 0.719. The fourth-order valence-electron chi connectivity index (χ4n) is 2.72. The van der Waals surface area contributed by atoms with Crippen molar-refractivity contribution >= 4 is 0 Å². The van der Waals surface area contributed by atoms with Crippen molar-refractivity contribution < 1.29 is 4.74 Å². The molecule has 0 saturated heterocycles. The molecule has 1 aliphatic rings. The van der Waals surface area contributed by atoms with Gasteiger partial charge in [0.1, 0.15) is 5.75 Å². The van der Waals surface area contributed by atoms with E-state index in [1.165, 1.54) is 43.4 Å². The highest BCUT2D eigenvalue weighted by Crippen LogP contribution is 2.36. The summed E-state index contributed by atoms with van der Waals surface area (Å²) in [5.41, 5.74) is 3.05. The van der Waals surface area contributed by atoms with Crippen molar-refractivity contribution in [2.45, 2.75) is 31.6 Å². The monoisotopic (exact) mass is 233 g/mol. The number of hydrogen-bond acceptors (Lipinski definition) is 2. The standard InChI is InChI=1S/C15H23NO/c1-16(2)10-9-13-6-4-5-12-7-8-14(17-3)11-15(12)13/h7-8,11,13H,4-6,9-10H2,1-3H3/t13-/m1/s1. The molecule has 2 heteroatoms. The van der Waals surface area contributed by atoms with E-state index in [2.05, 4.69) is 37.2 Å². The van der Waals surface area contributed by atoms with Crippen LogP contribution >= 0.6 is 0 Å². The van der Waals surface area contributed by atoms with Gasteiger partial charge in [-0.2, -0.15) is 0 Å². The molecule has 0 N–H and O–H groups in total. The maximum Gasteiger partial charge on any atom is 0.119 e. The molecule has 1 aromatic rings. The molecule has 1 atom stereocenters. The lowest BCUT2D eigenvalue weighted by Crippen LogP contribution is -2.18. The Morgan fingerprint density at radius 3 is 2.88 bits per heavy atom. The number of methoxy groups -OCH3 is 1. The van der Waals surface area contributed by atoms with E-state index in [1.807, 2.05) is 0 Å². The molecule has 0 aliphatic heterocycles. The van der Waals surface area contributed by atoms with Crippen molar-refractivity contribution in [2.75, 3.05) is 27.7 Å². The molecular formula is C15H23NO. The Balaban J connectivity index is 2.16. The van der Waals surface area contributed by atoms with Gasteiger partial charge < -0.3 is 9.64 Å². The first kappa shape index (κ1) is 12.4. The molecular weight excluding hydrogens is 210 g/mol. The Kier molecular flexibility index (Phi) is 4.06. The number of benzene rings is 1. The van der Waals surface area contributed by atoms with Crippen LogP contribution in [0.15, 0.2) is 18.2 Å². The zero-order chi connectivity index (χ0) is 12.3. The molecule has 0 aromatic heterocycles. The summed E-state index contributed by atoms with van der Waals surface area (Å²) in [6, 6.07) is 6.58. The second kappa shape index (κ2) is 5.54. The summed E-state index contributed by atoms with van der Waals surface area (Å²) in [5, 5.41) is 0. The third-order valence-corrected chi connectivity index (χ3v) is 3.72. The van der Waals surface area contributed by atoms with Crippen molar-refractivity contribution in [2.24, 2.45) is 0 Å². The van der Waals surface area contributed by atoms with E-state index in [-0.39, 0.29) is 0 Å². The van der Waals surface area contributed by atoms with E-state index in [0.29, 0.717) is 0 Å². The van der Waals surface area contributed by atoms with Crippen molar-refractivity contribution in [3.05, 3.63) is 29.3 Å². The van der Waals surface area contributed by atoms with Gasteiger partial charge in [-0.1, -0.05) is 6.07 Å². The van der Waals surface area contributed by atoms with Gasteiger partial charge in [-0.25, -0.2) is 0 Å². The number of hydrogen-bond donors (Lipinski definition) is 0. The molecule has 0 spiro atoms. The van der Waals surface area contributed by atoms with Crippen LogP contribution in [0.2, 0.25) is 0 Å². The molecule has 0 bridgehead atoms. The van der Waals surface area contributed by atoms with Gasteiger partial charge in [-0.15, -0.1) is 0 Å². The lowest BCUT2D eigenvalue weighted by molar-refractivity contribution is 0.366. The summed E-state index contributed by atoms with van der Waals surface area (Å²) in [7, 11) is 6.05. The molecule has 1 aliphatic carbocycles. The van der Waals surface area contributed by atoms with Crippen molar-refractivity contribution in [1.29, 1.82) is 0 Å². The number of ether oxygens (including phenoxy) is 1. The average molecular weight is 233 g/mol. The van der Waals surface area contributed by atoms with Gasteiger partial charge in [-0.05, 0) is 75.5 Å². The predicted octanol–water partition coefficient (Wildman–Crippen LogP) is 3.07. The largest absolute Gasteiger partial charge is 0.497 e. The summed E-state index contributed by atoms with van der Waals surface area (Å²) in [6.45, 7) is 1.17. The van der Waals surface area contributed by atoms with E-state index in [1.54, 1.807) is 7.11 Å². The smallest absolute Gasteiger partial charge is 0.119 e. The number of nitrogens with zero attached hydrogens (tertiary/aromatic N) is 1. The summed E-state index contributed by atoms with van der Waals surface area (Å²) in [4.78, 5) is 2.27. The zero-order valence-electron chi connectivity index (χ0n) is 11.2. The fraction of sp³-hybridized carbons (Fsp3) is 0.600. The Bertz CT molecular complexity index is 373. The van der Waals surface area contributed by atoms with Crippen LogP contribution in [-0.4, -0.2) is 32.6 Å². The lowest BCUT2D eigenvalue weighted by atomic mass is 9.81. The quantitative estimate of drug-likeness (QED) is 0.792. The minimum Gasteiger partial charge on any atom is -0.497 e. The number of rotatable bonds is 4. The maximum absolute atomic E-state index is 5.34. The van der Waals surface area contributed by atoms with E-state index < -0.39 is 0 Å². The molecule has 0 heterocycles. The van der Waals surface area contributed by atoms with Crippen molar-refractivity contribution in [3.8, 4) is 5.75 Å². The van der Waals surface area contributed by atoms with Gasteiger partial charge >= 0.3 is 0 Å². The third-order valence-electron chi connectivity index (χ3n) is 3.72. The molecule has 2 rings (SSSR count). The van der Waals surface area contributed by atoms with E-state index in [0.717, 1.165) is 11.7 Å². The molecule has 0 fully saturated rings. The van der Waals surface area contributed by atoms with Crippen LogP contribution in [0.4, 0.5) is 0 Å². The molecule has 0 amide bonds. The number of fused-ring (bicyclic) bond motifs is 1. The molecule has 0 saturated carbocycles. The molecule has 0 unspecified atom stereocenters. The first-order valence-corrected chi connectivity index (χ1v) is 6.52. The highest BCUT2D eigenvalue weighted by molar-refractivity contribution is 5.39. The van der Waals surface area contributed by atoms with Crippen LogP contribution in [0.1, 0.15) is 36.3 Å². The maximum atomic E-state index is 5.34. The first-order valence-electron chi connectivity index (χ1n) is 6.52. The molecule has 94 valence electrons. The minimum atomic E-state index is 0.719. The summed E-state index contributed by atoms with van der Waals surface area (Å²) in [6.07, 6.45) is 5.15. The Labute approximate surface area is 105 Å². The van der Waals surface area contributed by atoms with Crippen molar-refractivity contribution in [1.82, 2.24) is 4.90 Å². The van der Waals surface area contributed by atoms with Gasteiger partial charge in [-0.3, -0.25) is 0 Å². The summed E-state index contributed by atoms with van der Waals surface area (Å²) >= 11 is 0. The molecule has 17 heavy (non-hydrogen) atoms. The van der Waals surface area contributed by atoms with Crippen molar-refractivity contribution in [3.63, 3.8) is 0 Å². The molecule has 0 radical (unpaired) electrons. The van der Waals surface area contributed by atoms with Crippen LogP contribution in [0.5, 0.6) is 5.75 Å². The zero-order valence-corrected chi connectivity index (χ0v) is 11.2. The van der Waals surface area contributed by atoms with Crippen LogP contribution in [-0.2, 0) is 6.42 Å². The van der Waals surface area contributed by atoms with Crippen LogP contribution < -0.4 is 4.74 Å². The highest BCUT2D eigenvalue weighted by Gasteiger charge is 2.20. The fourth-order valence-corrected chi connectivity index (χ4v) is 2.72. The van der Waals surface area contributed by atoms with E-state index in [9.17, 15) is 0 Å². The van der Waals surface area contributed by atoms with Crippen LogP contribution in [0.3, 0.4) is 0 Å². The highest BCUT2D eigenvalue weighted by atomic mass is 16.5. The normalized spacial score (nSPS) is 19.2. The van der Waals surface area contributed by atoms with E-state index >= 15 is 0 Å². The molecule has 1 aromatic carbocycles.